The Labute approximate surface area is 97.8 Å². The molecule has 0 amide bonds. The van der Waals surface area contributed by atoms with Crippen LogP contribution < -0.4 is 5.32 Å². The van der Waals surface area contributed by atoms with Crippen LogP contribution in [-0.2, 0) is 0 Å². The second-order valence-electron chi connectivity index (χ2n) is 4.70. The van der Waals surface area contributed by atoms with Gasteiger partial charge in [-0.2, -0.15) is 0 Å². The Morgan fingerprint density at radius 2 is 2.12 bits per heavy atom. The van der Waals surface area contributed by atoms with Gasteiger partial charge in [-0.25, -0.2) is 0 Å². The van der Waals surface area contributed by atoms with Crippen molar-refractivity contribution in [1.29, 1.82) is 0 Å². The van der Waals surface area contributed by atoms with Crippen LogP contribution in [0.15, 0.2) is 35.3 Å². The summed E-state index contributed by atoms with van der Waals surface area (Å²) in [6.07, 6.45) is 4.38. The summed E-state index contributed by atoms with van der Waals surface area (Å²) in [7, 11) is 0. The van der Waals surface area contributed by atoms with Crippen molar-refractivity contribution in [2.45, 2.75) is 38.3 Å². The number of benzene rings is 1. The molecule has 0 spiro atoms. The molecule has 0 aromatic heterocycles. The average Bonchev–Trinajstić information content (AvgIpc) is 2.31. The summed E-state index contributed by atoms with van der Waals surface area (Å²) < 4.78 is 0. The number of aliphatic imine (C=N–C) groups is 1. The van der Waals surface area contributed by atoms with E-state index in [1.165, 1.54) is 5.56 Å². The minimum Gasteiger partial charge on any atom is -0.293 e. The van der Waals surface area contributed by atoms with Crippen LogP contribution in [-0.4, -0.2) is 18.4 Å². The van der Waals surface area contributed by atoms with Crippen molar-refractivity contribution in [2.75, 3.05) is 6.54 Å². The topological polar surface area (TPSA) is 24.4 Å². The first kappa shape index (κ1) is 11.3. The molecule has 2 heteroatoms. The van der Waals surface area contributed by atoms with E-state index in [2.05, 4.69) is 60.7 Å². The zero-order valence-electron chi connectivity index (χ0n) is 10.1. The van der Waals surface area contributed by atoms with Crippen molar-refractivity contribution in [3.8, 4) is 0 Å². The fourth-order valence-corrected chi connectivity index (χ4v) is 2.23. The molecular weight excluding hydrogens is 196 g/mol. The van der Waals surface area contributed by atoms with Gasteiger partial charge < -0.3 is 0 Å². The van der Waals surface area contributed by atoms with Gasteiger partial charge in [-0.3, -0.25) is 10.3 Å². The zero-order chi connectivity index (χ0) is 11.4. The third-order valence-electron chi connectivity index (χ3n) is 3.21. The van der Waals surface area contributed by atoms with Gasteiger partial charge in [-0.05, 0) is 18.9 Å². The van der Waals surface area contributed by atoms with Crippen LogP contribution >= 0.6 is 0 Å². The number of hydrogen-bond acceptors (Lipinski definition) is 2. The molecule has 2 nitrogen and oxygen atoms in total. The SMILES string of the molecule is CCCC1(C)N=CC(c2ccccc2)CN1. The van der Waals surface area contributed by atoms with Crippen molar-refractivity contribution in [2.24, 2.45) is 4.99 Å². The van der Waals surface area contributed by atoms with Crippen LogP contribution in [0.1, 0.15) is 38.2 Å². The van der Waals surface area contributed by atoms with Crippen LogP contribution in [0.4, 0.5) is 0 Å². The zero-order valence-corrected chi connectivity index (χ0v) is 10.1. The third-order valence-corrected chi connectivity index (χ3v) is 3.21. The molecule has 0 fully saturated rings. The summed E-state index contributed by atoms with van der Waals surface area (Å²) in [6.45, 7) is 5.37. The molecule has 1 aliphatic rings. The normalized spacial score (nSPS) is 29.2. The predicted molar refractivity (Wildman–Crippen MR) is 69.0 cm³/mol. The lowest BCUT2D eigenvalue weighted by atomic mass is 9.96. The second kappa shape index (κ2) is 4.79. The summed E-state index contributed by atoms with van der Waals surface area (Å²) in [6, 6.07) is 10.6. The van der Waals surface area contributed by atoms with E-state index in [1.807, 2.05) is 0 Å². The molecule has 0 saturated carbocycles. The highest BCUT2D eigenvalue weighted by atomic mass is 15.1. The van der Waals surface area contributed by atoms with Crippen molar-refractivity contribution >= 4 is 6.21 Å². The molecule has 1 heterocycles. The minimum atomic E-state index is -0.0416. The molecule has 16 heavy (non-hydrogen) atoms. The highest BCUT2D eigenvalue weighted by Crippen LogP contribution is 2.22. The smallest absolute Gasteiger partial charge is 0.107 e. The first-order valence-corrected chi connectivity index (χ1v) is 6.09. The minimum absolute atomic E-state index is 0.0416. The lowest BCUT2D eigenvalue weighted by Gasteiger charge is -2.32. The van der Waals surface area contributed by atoms with Crippen LogP contribution in [0.3, 0.4) is 0 Å². The second-order valence-corrected chi connectivity index (χ2v) is 4.70. The van der Waals surface area contributed by atoms with Gasteiger partial charge in [0.05, 0.1) is 0 Å². The van der Waals surface area contributed by atoms with Gasteiger partial charge in [-0.1, -0.05) is 43.7 Å². The summed E-state index contributed by atoms with van der Waals surface area (Å²) in [5.41, 5.74) is 1.30. The van der Waals surface area contributed by atoms with Crippen molar-refractivity contribution < 1.29 is 0 Å². The van der Waals surface area contributed by atoms with Crippen LogP contribution in [0.2, 0.25) is 0 Å². The van der Waals surface area contributed by atoms with E-state index in [0.717, 1.165) is 19.4 Å². The van der Waals surface area contributed by atoms with Gasteiger partial charge in [0.25, 0.3) is 0 Å². The van der Waals surface area contributed by atoms with Gasteiger partial charge in [0.15, 0.2) is 0 Å². The summed E-state index contributed by atoms with van der Waals surface area (Å²) in [5.74, 6) is 0.422. The Kier molecular flexibility index (Phi) is 3.39. The molecule has 2 rings (SSSR count). The number of hydrogen-bond donors (Lipinski definition) is 1. The van der Waals surface area contributed by atoms with Gasteiger partial charge in [0, 0.05) is 18.7 Å². The van der Waals surface area contributed by atoms with Crippen LogP contribution in [0, 0.1) is 0 Å². The molecule has 0 bridgehead atoms. The van der Waals surface area contributed by atoms with Gasteiger partial charge in [-0.15, -0.1) is 0 Å². The summed E-state index contributed by atoms with van der Waals surface area (Å²) in [4.78, 5) is 4.67. The van der Waals surface area contributed by atoms with Crippen molar-refractivity contribution in [3.63, 3.8) is 0 Å². The monoisotopic (exact) mass is 216 g/mol. The Bertz CT molecular complexity index is 358. The molecule has 1 N–H and O–H groups in total. The van der Waals surface area contributed by atoms with Crippen LogP contribution in [0.25, 0.3) is 0 Å². The van der Waals surface area contributed by atoms with E-state index >= 15 is 0 Å². The lowest BCUT2D eigenvalue weighted by Crippen LogP contribution is -2.46. The maximum atomic E-state index is 4.67. The highest BCUT2D eigenvalue weighted by molar-refractivity contribution is 5.69. The molecule has 0 radical (unpaired) electrons. The van der Waals surface area contributed by atoms with Crippen LogP contribution in [0.5, 0.6) is 0 Å². The van der Waals surface area contributed by atoms with Gasteiger partial charge in [0.2, 0.25) is 0 Å². The highest BCUT2D eigenvalue weighted by Gasteiger charge is 2.26. The van der Waals surface area contributed by atoms with Crippen molar-refractivity contribution in [3.05, 3.63) is 35.9 Å². The first-order valence-electron chi connectivity index (χ1n) is 6.09. The fourth-order valence-electron chi connectivity index (χ4n) is 2.23. The van der Waals surface area contributed by atoms with E-state index in [0.29, 0.717) is 5.92 Å². The molecule has 0 saturated heterocycles. The third kappa shape index (κ3) is 2.50. The first-order chi connectivity index (χ1) is 7.73. The average molecular weight is 216 g/mol. The van der Waals surface area contributed by atoms with E-state index < -0.39 is 0 Å². The maximum Gasteiger partial charge on any atom is 0.107 e. The predicted octanol–water partition coefficient (Wildman–Crippen LogP) is 2.96. The molecule has 1 aromatic rings. The van der Waals surface area contributed by atoms with E-state index in [9.17, 15) is 0 Å². The molecule has 1 aliphatic heterocycles. The molecule has 2 atom stereocenters. The van der Waals surface area contributed by atoms with Crippen molar-refractivity contribution in [1.82, 2.24) is 5.32 Å². The maximum absolute atomic E-state index is 4.67. The van der Waals surface area contributed by atoms with E-state index in [-0.39, 0.29) is 5.66 Å². The molecule has 86 valence electrons. The largest absolute Gasteiger partial charge is 0.293 e. The van der Waals surface area contributed by atoms with E-state index in [4.69, 9.17) is 0 Å². The standard InChI is InChI=1S/C14H20N2/c1-3-9-14(2)15-10-13(11-16-14)12-7-5-4-6-8-12/h4-8,10,13,16H,3,9,11H2,1-2H3. The molecule has 2 unspecified atom stereocenters. The Morgan fingerprint density at radius 3 is 2.69 bits per heavy atom. The summed E-state index contributed by atoms with van der Waals surface area (Å²) in [5, 5.41) is 3.55. The quantitative estimate of drug-likeness (QED) is 0.825. The molecule has 1 aromatic carbocycles. The Hall–Kier alpha value is -1.15. The Morgan fingerprint density at radius 1 is 1.38 bits per heavy atom. The fraction of sp³-hybridized carbons (Fsp3) is 0.500. The molecule has 0 aliphatic carbocycles. The summed E-state index contributed by atoms with van der Waals surface area (Å²) >= 11 is 0. The van der Waals surface area contributed by atoms with Gasteiger partial charge in [0.1, 0.15) is 5.66 Å². The number of rotatable bonds is 3. The molecular formula is C14H20N2. The number of nitrogens with one attached hydrogen (secondary N) is 1. The van der Waals surface area contributed by atoms with E-state index in [1.54, 1.807) is 0 Å². The lowest BCUT2D eigenvalue weighted by molar-refractivity contribution is 0.329. The number of nitrogens with zero attached hydrogens (tertiary/aromatic N) is 1. The van der Waals surface area contributed by atoms with Gasteiger partial charge >= 0.3 is 0 Å². The Balaban J connectivity index is 2.08.